The van der Waals surface area contributed by atoms with Crippen molar-refractivity contribution >= 4 is 21.9 Å². The van der Waals surface area contributed by atoms with E-state index < -0.39 is 0 Å². The number of furan rings is 1. The molecule has 4 nitrogen and oxygen atoms in total. The predicted octanol–water partition coefficient (Wildman–Crippen LogP) is 13.7. The monoisotopic (exact) mass is 721 g/mol. The molecule has 264 valence electrons. The van der Waals surface area contributed by atoms with E-state index in [9.17, 15) is 0 Å². The molecule has 0 spiro atoms. The van der Waals surface area contributed by atoms with E-state index in [-0.39, 0.29) is 24.2 Å². The molecule has 0 aliphatic carbocycles. The number of nitrogens with zero attached hydrogens (tertiary/aromatic N) is 3. The molecule has 8 aromatic carbocycles. The first kappa shape index (κ1) is 29.0. The topological polar surface area (TPSA) is 51.8 Å². The Labute approximate surface area is 331 Å². The van der Waals surface area contributed by atoms with Crippen LogP contribution in [0.25, 0.3) is 101 Å². The van der Waals surface area contributed by atoms with Gasteiger partial charge in [-0.05, 0) is 58.0 Å². The average Bonchev–Trinajstić information content (AvgIpc) is 3.70. The van der Waals surface area contributed by atoms with Gasteiger partial charge in [-0.15, -0.1) is 0 Å². The largest absolute Gasteiger partial charge is 0.455 e. The summed E-state index contributed by atoms with van der Waals surface area (Å²) in [6.45, 7) is 1.66. The van der Waals surface area contributed by atoms with Gasteiger partial charge in [-0.1, -0.05) is 187 Å². The first-order chi connectivity index (χ1) is 29.3. The summed E-state index contributed by atoms with van der Waals surface area (Å²) in [7, 11) is 0. The molecular weight excluding hydrogens is 683 g/mol. The first-order valence-electron chi connectivity index (χ1n) is 20.5. The highest BCUT2D eigenvalue weighted by molar-refractivity contribution is 6.15. The molecule has 0 fully saturated rings. The van der Waals surface area contributed by atoms with Crippen molar-refractivity contribution in [2.24, 2.45) is 0 Å². The Bertz CT molecular complexity index is 3210. The van der Waals surface area contributed by atoms with E-state index in [1.54, 1.807) is 6.92 Å². The summed E-state index contributed by atoms with van der Waals surface area (Å²) in [6, 6.07) is 56.5. The second kappa shape index (κ2) is 14.1. The lowest BCUT2D eigenvalue weighted by Gasteiger charge is -2.10. The molecule has 0 aliphatic heterocycles. The van der Waals surface area contributed by atoms with Crippen LogP contribution in [0.1, 0.15) is 11.0 Å². The Hall–Kier alpha value is -7.43. The summed E-state index contributed by atoms with van der Waals surface area (Å²) >= 11 is 0. The Balaban J connectivity index is 1.04. The number of para-hydroxylation sites is 1. The summed E-state index contributed by atoms with van der Waals surface area (Å²) in [5.74, 6) is 1.72. The normalized spacial score (nSPS) is 12.3. The third-order valence-electron chi connectivity index (χ3n) is 10.1. The van der Waals surface area contributed by atoms with Gasteiger partial charge in [-0.3, -0.25) is 0 Å². The smallest absolute Gasteiger partial charge is 0.164 e. The van der Waals surface area contributed by atoms with Crippen LogP contribution in [0, 0.1) is 6.92 Å². The maximum absolute atomic E-state index is 8.66. The van der Waals surface area contributed by atoms with Crippen LogP contribution in [-0.4, -0.2) is 15.0 Å². The number of benzene rings is 8. The molecule has 10 rings (SSSR count). The molecule has 2 heterocycles. The minimum absolute atomic E-state index is 0.0748. The molecular formula is C52H35N3O. The van der Waals surface area contributed by atoms with E-state index in [0.29, 0.717) is 34.2 Å². The fraction of sp³-hybridized carbons (Fsp3) is 0.0192. The van der Waals surface area contributed by atoms with E-state index in [2.05, 4.69) is 72.8 Å². The lowest BCUT2D eigenvalue weighted by atomic mass is 9.96. The summed E-state index contributed by atoms with van der Waals surface area (Å²) in [5.41, 5.74) is 11.6. The number of aromatic nitrogens is 3. The molecule has 56 heavy (non-hydrogen) atoms. The van der Waals surface area contributed by atoms with E-state index >= 15 is 0 Å². The lowest BCUT2D eigenvalue weighted by Crippen LogP contribution is -2.00. The molecule has 0 radical (unpaired) electrons. The fourth-order valence-corrected chi connectivity index (χ4v) is 7.32. The summed E-state index contributed by atoms with van der Waals surface area (Å²) < 4.78 is 40.3. The second-order valence-corrected chi connectivity index (χ2v) is 13.7. The Morgan fingerprint density at radius 2 is 0.946 bits per heavy atom. The van der Waals surface area contributed by atoms with Crippen molar-refractivity contribution in [3.63, 3.8) is 0 Å². The summed E-state index contributed by atoms with van der Waals surface area (Å²) in [6.07, 6.45) is 0. The van der Waals surface area contributed by atoms with Crippen LogP contribution >= 0.6 is 0 Å². The van der Waals surface area contributed by atoms with Crippen molar-refractivity contribution in [3.05, 3.63) is 200 Å². The van der Waals surface area contributed by atoms with Crippen molar-refractivity contribution in [1.29, 1.82) is 0 Å². The Morgan fingerprint density at radius 1 is 0.429 bits per heavy atom. The number of fused-ring (bicyclic) bond motifs is 3. The molecule has 4 heteroatoms. The van der Waals surface area contributed by atoms with Crippen LogP contribution in [0.5, 0.6) is 0 Å². The van der Waals surface area contributed by atoms with Gasteiger partial charge in [0.15, 0.2) is 17.5 Å². The van der Waals surface area contributed by atoms with Gasteiger partial charge in [0.05, 0.1) is 5.48 Å². The van der Waals surface area contributed by atoms with Gasteiger partial charge in [0.25, 0.3) is 0 Å². The number of rotatable bonds is 7. The highest BCUT2D eigenvalue weighted by Crippen LogP contribution is 2.41. The Morgan fingerprint density at radius 3 is 1.68 bits per heavy atom. The highest BCUT2D eigenvalue weighted by atomic mass is 16.3. The van der Waals surface area contributed by atoms with E-state index in [0.717, 1.165) is 72.0 Å². The molecule has 0 amide bonds. The predicted molar refractivity (Wildman–Crippen MR) is 230 cm³/mol. The van der Waals surface area contributed by atoms with Crippen molar-refractivity contribution in [2.75, 3.05) is 0 Å². The van der Waals surface area contributed by atoms with Gasteiger partial charge in [0, 0.05) is 33.0 Å². The molecule has 2 aromatic heterocycles. The van der Waals surface area contributed by atoms with Gasteiger partial charge in [-0.25, -0.2) is 15.0 Å². The van der Waals surface area contributed by atoms with Crippen LogP contribution in [0.15, 0.2) is 198 Å². The van der Waals surface area contributed by atoms with Gasteiger partial charge < -0.3 is 4.42 Å². The molecule has 0 saturated carbocycles. The van der Waals surface area contributed by atoms with Crippen LogP contribution in [-0.2, 0) is 0 Å². The van der Waals surface area contributed by atoms with Crippen LogP contribution < -0.4 is 0 Å². The van der Waals surface area contributed by atoms with Crippen LogP contribution in [0.4, 0.5) is 0 Å². The van der Waals surface area contributed by atoms with Gasteiger partial charge in [0.2, 0.25) is 0 Å². The van der Waals surface area contributed by atoms with Crippen LogP contribution in [0.3, 0.4) is 0 Å². The molecule has 0 aliphatic rings. The first-order valence-corrected chi connectivity index (χ1v) is 18.5. The molecule has 0 N–H and O–H groups in total. The van der Waals surface area contributed by atoms with E-state index in [4.69, 9.17) is 24.9 Å². The fourth-order valence-electron chi connectivity index (χ4n) is 7.32. The molecule has 0 bridgehead atoms. The van der Waals surface area contributed by atoms with Crippen molar-refractivity contribution < 1.29 is 9.90 Å². The van der Waals surface area contributed by atoms with E-state index in [1.165, 1.54) is 0 Å². The number of hydrogen-bond donors (Lipinski definition) is 0. The standard InChI is InChI=1S/C52H35N3O/c1-34-12-8-17-41(32-34)43-19-9-18-42(33-43)37-24-28-38(29-25-37)44-20-10-21-45-48-46(22-11-23-47(48)56-49(44)45)52-54-50(39-15-6-3-7-16-39)53-51(55-52)40-30-26-36(27-31-40)35-13-4-2-5-14-35/h2-33H,1H3/i8D,12D,17D,32D. The van der Waals surface area contributed by atoms with E-state index in [1.807, 2.05) is 97.1 Å². The third kappa shape index (κ3) is 6.23. The van der Waals surface area contributed by atoms with Crippen molar-refractivity contribution in [3.8, 4) is 78.7 Å². The van der Waals surface area contributed by atoms with Gasteiger partial charge in [-0.2, -0.15) is 0 Å². The van der Waals surface area contributed by atoms with Gasteiger partial charge >= 0.3 is 0 Å². The average molecular weight is 722 g/mol. The molecule has 0 atom stereocenters. The van der Waals surface area contributed by atoms with Crippen LogP contribution in [0.2, 0.25) is 0 Å². The maximum atomic E-state index is 8.66. The van der Waals surface area contributed by atoms with Crippen molar-refractivity contribution in [1.82, 2.24) is 15.0 Å². The highest BCUT2D eigenvalue weighted by Gasteiger charge is 2.19. The molecule has 10 aromatic rings. The zero-order chi connectivity index (χ0) is 40.9. The second-order valence-electron chi connectivity index (χ2n) is 13.7. The van der Waals surface area contributed by atoms with Crippen molar-refractivity contribution in [2.45, 2.75) is 6.92 Å². The maximum Gasteiger partial charge on any atom is 0.164 e. The SMILES string of the molecule is [2H]c1c([2H])c(C)c([2H])c(-c2cccc(-c3ccc(-c4cccc5c4oc4cccc(-c6nc(-c7ccccc7)nc(-c7ccc(-c8ccccc8)cc7)n6)c45)cc3)c2)c1[2H]. The third-order valence-corrected chi connectivity index (χ3v) is 10.1. The minimum Gasteiger partial charge on any atom is -0.455 e. The van der Waals surface area contributed by atoms with Gasteiger partial charge in [0.1, 0.15) is 11.2 Å². The zero-order valence-corrected chi connectivity index (χ0v) is 30.4. The number of hydrogen-bond acceptors (Lipinski definition) is 4. The summed E-state index contributed by atoms with van der Waals surface area (Å²) in [5, 5.41) is 1.87. The zero-order valence-electron chi connectivity index (χ0n) is 34.4. The molecule has 0 unspecified atom stereocenters. The Kier molecular flexibility index (Phi) is 7.29. The quantitative estimate of drug-likeness (QED) is 0.164. The lowest BCUT2D eigenvalue weighted by molar-refractivity contribution is 0.670. The summed E-state index contributed by atoms with van der Waals surface area (Å²) in [4.78, 5) is 15.1. The molecule has 0 saturated heterocycles. The minimum atomic E-state index is -0.167.